The van der Waals surface area contributed by atoms with Gasteiger partial charge in [0.25, 0.3) is 0 Å². The maximum Gasteiger partial charge on any atom is 0.220 e. The van der Waals surface area contributed by atoms with Crippen molar-refractivity contribution in [3.8, 4) is 0 Å². The van der Waals surface area contributed by atoms with E-state index >= 15 is 0 Å². The lowest BCUT2D eigenvalue weighted by Crippen LogP contribution is -2.33. The van der Waals surface area contributed by atoms with Crippen LogP contribution in [-0.4, -0.2) is 17.8 Å². The van der Waals surface area contributed by atoms with Crippen molar-refractivity contribution >= 4 is 21.8 Å². The number of alkyl halides is 1. The van der Waals surface area contributed by atoms with Gasteiger partial charge in [-0.2, -0.15) is 0 Å². The summed E-state index contributed by atoms with van der Waals surface area (Å²) in [4.78, 5) is 11.8. The van der Waals surface area contributed by atoms with E-state index in [0.717, 1.165) is 24.7 Å². The standard InChI is InChI=1S/C17H34BrNO/c1-4-5-6-7-8-9-10-12-16(20)19-15-17(2,3)13-11-14-18/h4-15H2,1-3H3,(H,19,20). The number of carbonyl (C=O) groups is 1. The summed E-state index contributed by atoms with van der Waals surface area (Å²) in [7, 11) is 0. The van der Waals surface area contributed by atoms with E-state index in [1.54, 1.807) is 0 Å². The second kappa shape index (κ2) is 12.7. The molecule has 120 valence electrons. The molecule has 0 aromatic rings. The third-order valence-electron chi connectivity index (χ3n) is 3.76. The van der Waals surface area contributed by atoms with Gasteiger partial charge in [0.1, 0.15) is 0 Å². The number of halogens is 1. The van der Waals surface area contributed by atoms with Gasteiger partial charge in [0, 0.05) is 18.3 Å². The molecule has 1 N–H and O–H groups in total. The average Bonchev–Trinajstić information content (AvgIpc) is 2.42. The van der Waals surface area contributed by atoms with Crippen molar-refractivity contribution in [2.24, 2.45) is 5.41 Å². The third kappa shape index (κ3) is 13.0. The molecule has 0 radical (unpaired) electrons. The summed E-state index contributed by atoms with van der Waals surface area (Å²) in [6, 6.07) is 0. The molecule has 0 aliphatic heterocycles. The van der Waals surface area contributed by atoms with Crippen molar-refractivity contribution in [2.75, 3.05) is 11.9 Å². The third-order valence-corrected chi connectivity index (χ3v) is 4.32. The second-order valence-electron chi connectivity index (χ2n) is 6.60. The van der Waals surface area contributed by atoms with E-state index in [1.165, 1.54) is 44.9 Å². The molecule has 0 atom stereocenters. The molecule has 2 nitrogen and oxygen atoms in total. The van der Waals surface area contributed by atoms with E-state index in [9.17, 15) is 4.79 Å². The van der Waals surface area contributed by atoms with Crippen molar-refractivity contribution in [2.45, 2.75) is 85.0 Å². The minimum absolute atomic E-state index is 0.212. The van der Waals surface area contributed by atoms with Gasteiger partial charge >= 0.3 is 0 Å². The quantitative estimate of drug-likeness (QED) is 0.348. The fourth-order valence-electron chi connectivity index (χ4n) is 2.30. The van der Waals surface area contributed by atoms with E-state index in [0.29, 0.717) is 6.42 Å². The minimum Gasteiger partial charge on any atom is -0.356 e. The smallest absolute Gasteiger partial charge is 0.220 e. The zero-order chi connectivity index (χ0) is 15.3. The molecule has 0 fully saturated rings. The van der Waals surface area contributed by atoms with Crippen LogP contribution in [0.15, 0.2) is 0 Å². The molecule has 0 aromatic heterocycles. The molecule has 0 aliphatic carbocycles. The molecule has 0 saturated carbocycles. The number of carbonyl (C=O) groups excluding carboxylic acids is 1. The van der Waals surface area contributed by atoms with Crippen LogP contribution in [0.25, 0.3) is 0 Å². The molecule has 3 heteroatoms. The van der Waals surface area contributed by atoms with Crippen molar-refractivity contribution in [1.29, 1.82) is 0 Å². The predicted octanol–water partition coefficient (Wildman–Crippen LogP) is 5.44. The van der Waals surface area contributed by atoms with Gasteiger partial charge in [0.2, 0.25) is 5.91 Å². The SMILES string of the molecule is CCCCCCCCCC(=O)NCC(C)(C)CCCBr. The van der Waals surface area contributed by atoms with Crippen molar-refractivity contribution in [1.82, 2.24) is 5.32 Å². The molecule has 0 heterocycles. The molecule has 0 rings (SSSR count). The Morgan fingerprint density at radius 2 is 1.60 bits per heavy atom. The number of unbranched alkanes of at least 4 members (excludes halogenated alkanes) is 6. The maximum atomic E-state index is 11.8. The van der Waals surface area contributed by atoms with Gasteiger partial charge in [-0.05, 0) is 24.7 Å². The Kier molecular flexibility index (Phi) is 12.6. The van der Waals surface area contributed by atoms with Gasteiger partial charge in [0.15, 0.2) is 0 Å². The number of hydrogen-bond acceptors (Lipinski definition) is 1. The molecule has 1 amide bonds. The van der Waals surface area contributed by atoms with Gasteiger partial charge in [-0.25, -0.2) is 0 Å². The first-order chi connectivity index (χ1) is 9.52. The van der Waals surface area contributed by atoms with Gasteiger partial charge < -0.3 is 5.32 Å². The predicted molar refractivity (Wildman–Crippen MR) is 92.4 cm³/mol. The highest BCUT2D eigenvalue weighted by molar-refractivity contribution is 9.09. The molecule has 0 bridgehead atoms. The van der Waals surface area contributed by atoms with Crippen molar-refractivity contribution < 1.29 is 4.79 Å². The maximum absolute atomic E-state index is 11.8. The Bertz CT molecular complexity index is 241. The lowest BCUT2D eigenvalue weighted by molar-refractivity contribution is -0.121. The second-order valence-corrected chi connectivity index (χ2v) is 7.40. The van der Waals surface area contributed by atoms with Gasteiger partial charge in [-0.3, -0.25) is 4.79 Å². The number of hydrogen-bond donors (Lipinski definition) is 1. The van der Waals surface area contributed by atoms with Crippen LogP contribution in [0, 0.1) is 5.41 Å². The summed E-state index contributed by atoms with van der Waals surface area (Å²) >= 11 is 3.46. The van der Waals surface area contributed by atoms with Gasteiger partial charge in [-0.1, -0.05) is 75.2 Å². The number of amides is 1. The fourth-order valence-corrected chi connectivity index (χ4v) is 2.58. The van der Waals surface area contributed by atoms with Crippen LogP contribution in [0.2, 0.25) is 0 Å². The van der Waals surface area contributed by atoms with E-state index in [2.05, 4.69) is 42.0 Å². The molecule has 0 aliphatic rings. The topological polar surface area (TPSA) is 29.1 Å². The van der Waals surface area contributed by atoms with Crippen LogP contribution >= 0.6 is 15.9 Å². The molecule has 0 unspecified atom stereocenters. The molecule has 20 heavy (non-hydrogen) atoms. The first kappa shape index (κ1) is 19.9. The zero-order valence-corrected chi connectivity index (χ0v) is 15.4. The van der Waals surface area contributed by atoms with Gasteiger partial charge in [0.05, 0.1) is 0 Å². The highest BCUT2D eigenvalue weighted by Gasteiger charge is 2.17. The minimum atomic E-state index is 0.212. The highest BCUT2D eigenvalue weighted by Crippen LogP contribution is 2.21. The molecular formula is C17H34BrNO. The highest BCUT2D eigenvalue weighted by atomic mass is 79.9. The summed E-state index contributed by atoms with van der Waals surface area (Å²) in [5, 5.41) is 4.13. The van der Waals surface area contributed by atoms with Gasteiger partial charge in [-0.15, -0.1) is 0 Å². The van der Waals surface area contributed by atoms with E-state index in [-0.39, 0.29) is 11.3 Å². The van der Waals surface area contributed by atoms with Crippen molar-refractivity contribution in [3.05, 3.63) is 0 Å². The van der Waals surface area contributed by atoms with Crippen LogP contribution in [0.4, 0.5) is 0 Å². The lowest BCUT2D eigenvalue weighted by Gasteiger charge is -2.24. The number of rotatable bonds is 13. The van der Waals surface area contributed by atoms with Crippen LogP contribution < -0.4 is 5.32 Å². The van der Waals surface area contributed by atoms with Crippen LogP contribution in [0.1, 0.15) is 85.0 Å². The lowest BCUT2D eigenvalue weighted by atomic mass is 9.88. The van der Waals surface area contributed by atoms with Crippen LogP contribution in [0.5, 0.6) is 0 Å². The molecule has 0 saturated heterocycles. The summed E-state index contributed by atoms with van der Waals surface area (Å²) in [5.74, 6) is 0.227. The largest absolute Gasteiger partial charge is 0.356 e. The van der Waals surface area contributed by atoms with Crippen LogP contribution in [-0.2, 0) is 4.79 Å². The zero-order valence-electron chi connectivity index (χ0n) is 13.8. The van der Waals surface area contributed by atoms with Crippen LogP contribution in [0.3, 0.4) is 0 Å². The Morgan fingerprint density at radius 3 is 2.20 bits per heavy atom. The average molecular weight is 348 g/mol. The molecular weight excluding hydrogens is 314 g/mol. The number of nitrogens with one attached hydrogen (secondary N) is 1. The first-order valence-corrected chi connectivity index (χ1v) is 9.46. The Balaban J connectivity index is 3.49. The first-order valence-electron chi connectivity index (χ1n) is 8.34. The van der Waals surface area contributed by atoms with Crippen molar-refractivity contribution in [3.63, 3.8) is 0 Å². The van der Waals surface area contributed by atoms with E-state index in [4.69, 9.17) is 0 Å². The monoisotopic (exact) mass is 347 g/mol. The normalized spacial score (nSPS) is 11.6. The summed E-state index contributed by atoms with van der Waals surface area (Å²) < 4.78 is 0. The summed E-state index contributed by atoms with van der Waals surface area (Å²) in [6.07, 6.45) is 11.9. The summed E-state index contributed by atoms with van der Waals surface area (Å²) in [6.45, 7) is 7.49. The van der Waals surface area contributed by atoms with E-state index in [1.807, 2.05) is 0 Å². The summed E-state index contributed by atoms with van der Waals surface area (Å²) in [5.41, 5.74) is 0.212. The Morgan fingerprint density at radius 1 is 1.00 bits per heavy atom. The Labute approximate surface area is 134 Å². The fraction of sp³-hybridized carbons (Fsp3) is 0.941. The molecule has 0 spiro atoms. The Hall–Kier alpha value is -0.0500. The molecule has 0 aromatic carbocycles. The van der Waals surface area contributed by atoms with E-state index < -0.39 is 0 Å².